The third-order valence-corrected chi connectivity index (χ3v) is 15.3. The molecule has 0 aromatic carbocycles. The van der Waals surface area contributed by atoms with E-state index in [-0.39, 0.29) is 23.5 Å². The Hall–Kier alpha value is -0.930. The van der Waals surface area contributed by atoms with Crippen molar-refractivity contribution >= 4 is 19.7 Å². The standard InChI is InChI=1S/C44H80NO8P/c1-33(2)12-10-13-35(4)39-16-17-40-38-15-14-36-30-37(18-20-43(36,5)41(38)19-21-44(39,40)6)53-42(46)45-22-11-23-48-24-25-49-26-27-50-28-29-51-31-34(3)32-52-54(8,9)47-7/h14,33-35,37-41H,8,10-13,15-32H2,1-7,9H3,(H,45,46)/t34?,35-,37+,38?,39?,40?,41?,43+,44-,54?/m1/s1. The summed E-state index contributed by atoms with van der Waals surface area (Å²) < 4.78 is 39.4. The molecule has 314 valence electrons. The van der Waals surface area contributed by atoms with Gasteiger partial charge in [-0.15, -0.1) is 0 Å². The van der Waals surface area contributed by atoms with Gasteiger partial charge in [0.15, 0.2) is 0 Å². The van der Waals surface area contributed by atoms with Crippen LogP contribution in [0.15, 0.2) is 11.6 Å². The van der Waals surface area contributed by atoms with Crippen LogP contribution in [0, 0.1) is 52.3 Å². The van der Waals surface area contributed by atoms with Crippen LogP contribution in [0.25, 0.3) is 0 Å². The fraction of sp³-hybridized carbons (Fsp3) is 0.909. The summed E-state index contributed by atoms with van der Waals surface area (Å²) in [6, 6.07) is 0. The number of allylic oxidation sites excluding steroid dienone is 1. The van der Waals surface area contributed by atoms with E-state index in [9.17, 15) is 4.79 Å². The summed E-state index contributed by atoms with van der Waals surface area (Å²) >= 11 is 0. The van der Waals surface area contributed by atoms with Crippen LogP contribution < -0.4 is 5.32 Å². The molecule has 54 heavy (non-hydrogen) atoms. The molecular formula is C44H80NO8P. The molecule has 0 aromatic heterocycles. The first-order valence-corrected chi connectivity index (χ1v) is 23.9. The average Bonchev–Trinajstić information content (AvgIpc) is 3.49. The first-order chi connectivity index (χ1) is 25.8. The molecule has 3 saturated carbocycles. The molecule has 4 rings (SSSR count). The summed E-state index contributed by atoms with van der Waals surface area (Å²) in [6.45, 7) is 21.9. The van der Waals surface area contributed by atoms with E-state index in [2.05, 4.69) is 59.2 Å². The van der Waals surface area contributed by atoms with E-state index in [4.69, 9.17) is 32.7 Å². The van der Waals surface area contributed by atoms with Crippen molar-refractivity contribution < 1.29 is 37.5 Å². The lowest BCUT2D eigenvalue weighted by Gasteiger charge is -2.58. The van der Waals surface area contributed by atoms with E-state index in [0.717, 1.165) is 61.2 Å². The molecule has 1 N–H and O–H groups in total. The number of hydrogen-bond acceptors (Lipinski definition) is 8. The smallest absolute Gasteiger partial charge is 0.407 e. The Morgan fingerprint density at radius 2 is 1.56 bits per heavy atom. The van der Waals surface area contributed by atoms with Crippen molar-refractivity contribution in [2.75, 3.05) is 79.8 Å². The fourth-order valence-corrected chi connectivity index (χ4v) is 11.3. The summed E-state index contributed by atoms with van der Waals surface area (Å²) in [5.41, 5.74) is 2.35. The molecule has 0 aliphatic heterocycles. The number of carbonyl (C=O) groups is 1. The molecule has 0 aromatic rings. The highest BCUT2D eigenvalue weighted by Gasteiger charge is 2.59. The minimum atomic E-state index is -1.95. The van der Waals surface area contributed by atoms with Gasteiger partial charge in [0.05, 0.1) is 52.9 Å². The normalized spacial score (nSPS) is 31.5. The van der Waals surface area contributed by atoms with Crippen LogP contribution in [0.1, 0.15) is 119 Å². The Morgan fingerprint density at radius 1 is 0.870 bits per heavy atom. The molecule has 0 heterocycles. The van der Waals surface area contributed by atoms with Crippen molar-refractivity contribution in [3.05, 3.63) is 11.6 Å². The highest BCUT2D eigenvalue weighted by molar-refractivity contribution is 7.63. The zero-order valence-corrected chi connectivity index (χ0v) is 36.6. The van der Waals surface area contributed by atoms with Crippen molar-refractivity contribution in [1.29, 1.82) is 0 Å². The van der Waals surface area contributed by atoms with Crippen LogP contribution in [0.4, 0.5) is 4.79 Å². The minimum absolute atomic E-state index is 0.0241. The van der Waals surface area contributed by atoms with E-state index in [1.807, 2.05) is 6.66 Å². The maximum atomic E-state index is 12.7. The monoisotopic (exact) mass is 782 g/mol. The lowest BCUT2D eigenvalue weighted by molar-refractivity contribution is -0.0581. The van der Waals surface area contributed by atoms with Gasteiger partial charge in [0.25, 0.3) is 0 Å². The van der Waals surface area contributed by atoms with Gasteiger partial charge in [-0.25, -0.2) is 4.79 Å². The molecule has 9 nitrogen and oxygen atoms in total. The van der Waals surface area contributed by atoms with Gasteiger partial charge in [0.2, 0.25) is 0 Å². The molecule has 3 fully saturated rings. The Morgan fingerprint density at radius 3 is 2.24 bits per heavy atom. The van der Waals surface area contributed by atoms with Gasteiger partial charge < -0.3 is 38.0 Å². The van der Waals surface area contributed by atoms with Gasteiger partial charge in [-0.3, -0.25) is 0 Å². The zero-order chi connectivity index (χ0) is 39.2. The van der Waals surface area contributed by atoms with Gasteiger partial charge in [0, 0.05) is 39.3 Å². The highest BCUT2D eigenvalue weighted by atomic mass is 31.2. The Labute approximate surface area is 330 Å². The van der Waals surface area contributed by atoms with Crippen LogP contribution in [-0.2, 0) is 32.7 Å². The van der Waals surface area contributed by atoms with E-state index >= 15 is 0 Å². The second kappa shape index (κ2) is 22.3. The molecule has 10 atom stereocenters. The number of fused-ring (bicyclic) bond motifs is 5. The third kappa shape index (κ3) is 13.3. The topological polar surface area (TPSA) is 93.7 Å². The zero-order valence-electron chi connectivity index (χ0n) is 35.7. The number of alkyl carbamates (subject to hydrolysis) is 1. The van der Waals surface area contributed by atoms with Crippen molar-refractivity contribution in [2.24, 2.45) is 52.3 Å². The molecular weight excluding hydrogens is 701 g/mol. The Bertz CT molecular complexity index is 1200. The van der Waals surface area contributed by atoms with Gasteiger partial charge in [-0.05, 0) is 97.7 Å². The number of amides is 1. The van der Waals surface area contributed by atoms with Crippen LogP contribution in [0.5, 0.6) is 0 Å². The van der Waals surface area contributed by atoms with Crippen LogP contribution >= 0.6 is 7.34 Å². The van der Waals surface area contributed by atoms with Crippen molar-refractivity contribution in [3.8, 4) is 0 Å². The van der Waals surface area contributed by atoms with Gasteiger partial charge >= 0.3 is 6.09 Å². The van der Waals surface area contributed by atoms with E-state index in [1.54, 1.807) is 12.7 Å². The molecule has 0 radical (unpaired) electrons. The molecule has 1 amide bonds. The van der Waals surface area contributed by atoms with Crippen LogP contribution in [0.2, 0.25) is 0 Å². The van der Waals surface area contributed by atoms with Crippen LogP contribution in [0.3, 0.4) is 0 Å². The predicted molar refractivity (Wildman–Crippen MR) is 221 cm³/mol. The van der Waals surface area contributed by atoms with Crippen molar-refractivity contribution in [3.63, 3.8) is 0 Å². The van der Waals surface area contributed by atoms with Gasteiger partial charge in [-0.2, -0.15) is 0 Å². The second-order valence-electron chi connectivity index (χ2n) is 18.3. The first kappa shape index (κ1) is 45.8. The largest absolute Gasteiger partial charge is 0.446 e. The fourth-order valence-electron chi connectivity index (χ4n) is 10.6. The summed E-state index contributed by atoms with van der Waals surface area (Å²) in [7, 11) is -0.323. The average molecular weight is 782 g/mol. The van der Waals surface area contributed by atoms with Gasteiger partial charge in [-0.1, -0.05) is 78.8 Å². The molecule has 10 heteroatoms. The predicted octanol–water partition coefficient (Wildman–Crippen LogP) is 9.79. The maximum Gasteiger partial charge on any atom is 0.407 e. The van der Waals surface area contributed by atoms with E-state index in [0.29, 0.717) is 71.4 Å². The molecule has 0 spiro atoms. The van der Waals surface area contributed by atoms with E-state index < -0.39 is 7.34 Å². The lowest BCUT2D eigenvalue weighted by Crippen LogP contribution is -2.51. The summed E-state index contributed by atoms with van der Waals surface area (Å²) in [5.74, 6) is 5.30. The minimum Gasteiger partial charge on any atom is -0.446 e. The molecule has 6 unspecified atom stereocenters. The van der Waals surface area contributed by atoms with E-state index in [1.165, 1.54) is 51.4 Å². The number of carbonyl (C=O) groups excluding carboxylic acids is 1. The third-order valence-electron chi connectivity index (χ3n) is 13.8. The molecule has 0 bridgehead atoms. The Balaban J connectivity index is 1.02. The van der Waals surface area contributed by atoms with Crippen molar-refractivity contribution in [1.82, 2.24) is 5.32 Å². The second-order valence-corrected chi connectivity index (χ2v) is 21.0. The van der Waals surface area contributed by atoms with Gasteiger partial charge in [0.1, 0.15) is 13.4 Å². The lowest BCUT2D eigenvalue weighted by atomic mass is 9.47. The number of rotatable bonds is 25. The first-order valence-electron chi connectivity index (χ1n) is 21.6. The summed E-state index contributed by atoms with van der Waals surface area (Å²) in [6.07, 6.45) is 21.0. The summed E-state index contributed by atoms with van der Waals surface area (Å²) in [4.78, 5) is 12.7. The van der Waals surface area contributed by atoms with Crippen molar-refractivity contribution in [2.45, 2.75) is 125 Å². The maximum absolute atomic E-state index is 12.7. The number of nitrogens with one attached hydrogen (secondary N) is 1. The number of ether oxygens (including phenoxy) is 5. The van der Waals surface area contributed by atoms with Crippen LogP contribution in [-0.4, -0.2) is 98.3 Å². The number of hydrogen-bond donors (Lipinski definition) is 1. The highest BCUT2D eigenvalue weighted by Crippen LogP contribution is 2.67. The molecule has 4 aliphatic carbocycles. The molecule has 4 aliphatic rings. The SMILES string of the molecule is C=P(C)(OC)OCC(C)COCCOCCOCCOCCCNC(=O)O[C@H]1CC[C@@]2(C)C(=CCC3C4CCC([C@H](C)CCCC(C)C)[C@@]4(C)CCC32)C1. The quantitative estimate of drug-likeness (QED) is 0.0556. The Kier molecular flexibility index (Phi) is 18.9. The molecule has 0 saturated heterocycles. The summed E-state index contributed by atoms with van der Waals surface area (Å²) in [5, 5.41) is 2.95.